The highest BCUT2D eigenvalue weighted by molar-refractivity contribution is 7.09. The van der Waals surface area contributed by atoms with Gasteiger partial charge < -0.3 is 5.32 Å². The molecule has 0 fully saturated rings. The van der Waals surface area contributed by atoms with Crippen LogP contribution >= 0.6 is 11.3 Å². The van der Waals surface area contributed by atoms with E-state index in [-0.39, 0.29) is 0 Å². The summed E-state index contributed by atoms with van der Waals surface area (Å²) in [4.78, 5) is 8.07. The molecule has 0 aliphatic rings. The minimum atomic E-state index is 0.612. The van der Waals surface area contributed by atoms with Gasteiger partial charge in [-0.1, -0.05) is 6.92 Å². The lowest BCUT2D eigenvalue weighted by Crippen LogP contribution is -2.31. The van der Waals surface area contributed by atoms with Gasteiger partial charge in [0.15, 0.2) is 0 Å². The second-order valence-corrected chi connectivity index (χ2v) is 5.21. The molecule has 0 aliphatic carbocycles. The molecule has 1 heterocycles. The van der Waals surface area contributed by atoms with Gasteiger partial charge in [0.25, 0.3) is 0 Å². The van der Waals surface area contributed by atoms with Crippen LogP contribution in [0.5, 0.6) is 0 Å². The van der Waals surface area contributed by atoms with E-state index < -0.39 is 0 Å². The largest absolute Gasteiger partial charge is 0.317 e. The number of hydrogen-bond acceptors (Lipinski definition) is 4. The molecular formula is C12H23N3S. The Morgan fingerprint density at radius 2 is 2.31 bits per heavy atom. The summed E-state index contributed by atoms with van der Waals surface area (Å²) in [5.74, 6) is 0. The molecule has 0 spiro atoms. The molecule has 0 saturated carbocycles. The van der Waals surface area contributed by atoms with Gasteiger partial charge in [-0.2, -0.15) is 0 Å². The van der Waals surface area contributed by atoms with Gasteiger partial charge in [0, 0.05) is 17.5 Å². The first kappa shape index (κ1) is 13.6. The highest BCUT2D eigenvalue weighted by Crippen LogP contribution is 2.16. The highest BCUT2D eigenvalue weighted by Gasteiger charge is 2.11. The molecule has 1 N–H and O–H groups in total. The van der Waals surface area contributed by atoms with E-state index >= 15 is 0 Å². The molecule has 0 bridgehead atoms. The Labute approximate surface area is 103 Å². The van der Waals surface area contributed by atoms with Crippen molar-refractivity contribution in [2.24, 2.45) is 0 Å². The normalized spacial score (nSPS) is 13.3. The number of nitrogens with zero attached hydrogens (tertiary/aromatic N) is 2. The minimum Gasteiger partial charge on any atom is -0.317 e. The average Bonchev–Trinajstić information content (AvgIpc) is 2.64. The summed E-state index contributed by atoms with van der Waals surface area (Å²) < 4.78 is 0. The summed E-state index contributed by atoms with van der Waals surface area (Å²) in [7, 11) is 2.19. The Morgan fingerprint density at radius 1 is 1.56 bits per heavy atom. The molecule has 1 rings (SSSR count). The van der Waals surface area contributed by atoms with Crippen molar-refractivity contribution in [2.75, 3.05) is 20.1 Å². The second-order valence-electron chi connectivity index (χ2n) is 4.27. The zero-order valence-electron chi connectivity index (χ0n) is 10.8. The van der Waals surface area contributed by atoms with Crippen molar-refractivity contribution in [3.05, 3.63) is 16.1 Å². The van der Waals surface area contributed by atoms with Crippen LogP contribution in [0.15, 0.2) is 5.51 Å². The van der Waals surface area contributed by atoms with Crippen LogP contribution in [0.3, 0.4) is 0 Å². The van der Waals surface area contributed by atoms with E-state index in [0.717, 1.165) is 19.6 Å². The summed E-state index contributed by atoms with van der Waals surface area (Å²) in [6, 6.07) is 0.612. The Balaban J connectivity index is 2.34. The lowest BCUT2D eigenvalue weighted by Gasteiger charge is -2.24. The smallest absolute Gasteiger partial charge is 0.0798 e. The topological polar surface area (TPSA) is 28.2 Å². The van der Waals surface area contributed by atoms with Crippen LogP contribution in [0.4, 0.5) is 0 Å². The fourth-order valence-corrected chi connectivity index (χ4v) is 2.41. The fourth-order valence-electron chi connectivity index (χ4n) is 1.57. The Morgan fingerprint density at radius 3 is 2.88 bits per heavy atom. The standard InChI is InChI=1S/C12H23N3S/c1-5-13-7-6-10(2)15(4)8-12-11(3)14-9-16-12/h9-10,13H,5-8H2,1-4H3. The zero-order chi connectivity index (χ0) is 12.0. The van der Waals surface area contributed by atoms with Crippen LogP contribution in [-0.4, -0.2) is 36.1 Å². The lowest BCUT2D eigenvalue weighted by atomic mass is 10.2. The van der Waals surface area contributed by atoms with Crippen molar-refractivity contribution in [1.29, 1.82) is 0 Å². The van der Waals surface area contributed by atoms with E-state index in [4.69, 9.17) is 0 Å². The number of rotatable bonds is 7. The Bertz CT molecular complexity index is 298. The van der Waals surface area contributed by atoms with E-state index in [1.54, 1.807) is 11.3 Å². The van der Waals surface area contributed by atoms with Crippen molar-refractivity contribution < 1.29 is 0 Å². The van der Waals surface area contributed by atoms with E-state index in [2.05, 4.69) is 43.0 Å². The third-order valence-electron chi connectivity index (χ3n) is 2.98. The van der Waals surface area contributed by atoms with Crippen molar-refractivity contribution in [3.63, 3.8) is 0 Å². The molecule has 0 aromatic carbocycles. The van der Waals surface area contributed by atoms with Gasteiger partial charge in [-0.3, -0.25) is 4.90 Å². The van der Waals surface area contributed by atoms with Crippen molar-refractivity contribution in [3.8, 4) is 0 Å². The second kappa shape index (κ2) is 6.99. The molecule has 16 heavy (non-hydrogen) atoms. The minimum absolute atomic E-state index is 0.612. The number of hydrogen-bond donors (Lipinski definition) is 1. The highest BCUT2D eigenvalue weighted by atomic mass is 32.1. The van der Waals surface area contributed by atoms with Crippen LogP contribution in [0.2, 0.25) is 0 Å². The van der Waals surface area contributed by atoms with Gasteiger partial charge in [-0.25, -0.2) is 4.98 Å². The van der Waals surface area contributed by atoms with Gasteiger partial charge in [0.2, 0.25) is 0 Å². The van der Waals surface area contributed by atoms with Crippen molar-refractivity contribution in [2.45, 2.75) is 39.8 Å². The van der Waals surface area contributed by atoms with Crippen LogP contribution in [-0.2, 0) is 6.54 Å². The first-order valence-electron chi connectivity index (χ1n) is 5.95. The van der Waals surface area contributed by atoms with Crippen LogP contribution < -0.4 is 5.32 Å². The molecule has 0 saturated heterocycles. The molecule has 0 radical (unpaired) electrons. The quantitative estimate of drug-likeness (QED) is 0.742. The van der Waals surface area contributed by atoms with Crippen molar-refractivity contribution in [1.82, 2.24) is 15.2 Å². The maximum absolute atomic E-state index is 4.28. The number of thiazole rings is 1. The van der Waals surface area contributed by atoms with E-state index in [0.29, 0.717) is 6.04 Å². The van der Waals surface area contributed by atoms with Crippen LogP contribution in [0, 0.1) is 6.92 Å². The molecule has 0 aliphatic heterocycles. The maximum atomic E-state index is 4.28. The molecule has 0 amide bonds. The van der Waals surface area contributed by atoms with Crippen molar-refractivity contribution >= 4 is 11.3 Å². The van der Waals surface area contributed by atoms with Crippen LogP contribution in [0.25, 0.3) is 0 Å². The monoisotopic (exact) mass is 241 g/mol. The summed E-state index contributed by atoms with van der Waals surface area (Å²) in [6.45, 7) is 9.70. The predicted octanol–water partition coefficient (Wildman–Crippen LogP) is 2.27. The molecule has 1 aromatic rings. The molecule has 1 unspecified atom stereocenters. The maximum Gasteiger partial charge on any atom is 0.0798 e. The molecule has 1 atom stereocenters. The lowest BCUT2D eigenvalue weighted by molar-refractivity contribution is 0.238. The van der Waals surface area contributed by atoms with Gasteiger partial charge in [0.05, 0.1) is 11.2 Å². The van der Waals surface area contributed by atoms with Gasteiger partial charge in [-0.05, 0) is 40.4 Å². The first-order valence-corrected chi connectivity index (χ1v) is 6.83. The van der Waals surface area contributed by atoms with Gasteiger partial charge >= 0.3 is 0 Å². The van der Waals surface area contributed by atoms with E-state index in [1.807, 2.05) is 5.51 Å². The SMILES string of the molecule is CCNCCC(C)N(C)Cc1scnc1C. The number of nitrogens with one attached hydrogen (secondary N) is 1. The van der Waals surface area contributed by atoms with Gasteiger partial charge in [-0.15, -0.1) is 11.3 Å². The summed E-state index contributed by atoms with van der Waals surface area (Å²) in [5.41, 5.74) is 3.11. The summed E-state index contributed by atoms with van der Waals surface area (Å²) in [5, 5.41) is 3.37. The van der Waals surface area contributed by atoms with Crippen LogP contribution in [0.1, 0.15) is 30.8 Å². The Kier molecular flexibility index (Phi) is 5.95. The molecule has 92 valence electrons. The Hall–Kier alpha value is -0.450. The molecule has 4 heteroatoms. The van der Waals surface area contributed by atoms with E-state index in [9.17, 15) is 0 Å². The zero-order valence-corrected chi connectivity index (χ0v) is 11.6. The first-order chi connectivity index (χ1) is 7.65. The van der Waals surface area contributed by atoms with E-state index in [1.165, 1.54) is 17.0 Å². The van der Waals surface area contributed by atoms with Gasteiger partial charge in [0.1, 0.15) is 0 Å². The number of aromatic nitrogens is 1. The third kappa shape index (κ3) is 4.20. The predicted molar refractivity (Wildman–Crippen MR) is 70.9 cm³/mol. The number of aryl methyl sites for hydroxylation is 1. The molecule has 3 nitrogen and oxygen atoms in total. The molecule has 1 aromatic heterocycles. The average molecular weight is 241 g/mol. The third-order valence-corrected chi connectivity index (χ3v) is 3.90. The fraction of sp³-hybridized carbons (Fsp3) is 0.750. The molecular weight excluding hydrogens is 218 g/mol. The summed E-state index contributed by atoms with van der Waals surface area (Å²) >= 11 is 1.76. The summed E-state index contributed by atoms with van der Waals surface area (Å²) in [6.07, 6.45) is 1.20.